The molecule has 0 fully saturated rings. The molecule has 3 rings (SSSR count). The summed E-state index contributed by atoms with van der Waals surface area (Å²) in [6.07, 6.45) is 2.82. The third-order valence-corrected chi connectivity index (χ3v) is 5.38. The Bertz CT molecular complexity index is 790. The van der Waals surface area contributed by atoms with Gasteiger partial charge >= 0.3 is 5.97 Å². The van der Waals surface area contributed by atoms with Gasteiger partial charge in [-0.3, -0.25) is 14.6 Å². The number of allylic oxidation sites excluding steroid dienone is 2. The minimum Gasteiger partial charge on any atom is -0.465 e. The number of aliphatic imine (C=N–C) groups is 1. The molecule has 1 aliphatic carbocycles. The van der Waals surface area contributed by atoms with E-state index < -0.39 is 5.92 Å². The summed E-state index contributed by atoms with van der Waals surface area (Å²) < 4.78 is 5.38. The first-order valence-electron chi connectivity index (χ1n) is 9.75. The van der Waals surface area contributed by atoms with Crippen molar-refractivity contribution >= 4 is 23.2 Å². The van der Waals surface area contributed by atoms with Gasteiger partial charge in [0, 0.05) is 49.1 Å². The van der Waals surface area contributed by atoms with Gasteiger partial charge in [-0.05, 0) is 43.9 Å². The lowest BCUT2D eigenvalue weighted by Crippen LogP contribution is -2.38. The van der Waals surface area contributed by atoms with Gasteiger partial charge < -0.3 is 9.64 Å². The topological polar surface area (TPSA) is 59.0 Å². The van der Waals surface area contributed by atoms with Gasteiger partial charge in [0.2, 0.25) is 0 Å². The Kier molecular flexibility index (Phi) is 5.78. The Morgan fingerprint density at radius 1 is 1.19 bits per heavy atom. The second kappa shape index (κ2) is 8.07. The number of hydrogen-bond donors (Lipinski definition) is 0. The lowest BCUT2D eigenvalue weighted by Gasteiger charge is -2.35. The summed E-state index contributed by atoms with van der Waals surface area (Å²) in [4.78, 5) is 32.5. The fraction of sp³-hybridized carbons (Fsp3) is 0.500. The van der Waals surface area contributed by atoms with Crippen LogP contribution in [0.25, 0.3) is 0 Å². The predicted octanol–water partition coefficient (Wildman–Crippen LogP) is 3.89. The zero-order valence-corrected chi connectivity index (χ0v) is 16.6. The highest BCUT2D eigenvalue weighted by Crippen LogP contribution is 2.44. The van der Waals surface area contributed by atoms with Crippen molar-refractivity contribution in [3.8, 4) is 0 Å². The maximum atomic E-state index is 12.9. The van der Waals surface area contributed by atoms with E-state index in [4.69, 9.17) is 9.73 Å². The van der Waals surface area contributed by atoms with E-state index in [0.29, 0.717) is 25.0 Å². The molecule has 0 N–H and O–H groups in total. The number of carbonyl (C=O) groups is 2. The molecule has 1 aromatic rings. The minimum atomic E-state index is -0.527. The monoisotopic (exact) mass is 368 g/mol. The van der Waals surface area contributed by atoms with Crippen LogP contribution in [0.5, 0.6) is 0 Å². The quantitative estimate of drug-likeness (QED) is 0.740. The molecule has 144 valence electrons. The third kappa shape index (κ3) is 3.68. The minimum absolute atomic E-state index is 0.117. The summed E-state index contributed by atoms with van der Waals surface area (Å²) in [6.45, 7) is 4.13. The number of ether oxygens (including phenoxy) is 1. The van der Waals surface area contributed by atoms with E-state index in [0.717, 1.165) is 35.5 Å². The molecule has 1 unspecified atom stereocenters. The number of Topliss-reactive ketones (excluding diaryl/α,β-unsaturated/α-hetero) is 1. The SMILES string of the molecule is CCOC(=O)C1C(CC)=NC2=C(C(=O)CCC2)[C@H]1c1ccc(N(C)C)cc1. The molecule has 0 amide bonds. The largest absolute Gasteiger partial charge is 0.465 e. The van der Waals surface area contributed by atoms with E-state index in [1.165, 1.54) is 0 Å². The highest BCUT2D eigenvalue weighted by Gasteiger charge is 2.43. The van der Waals surface area contributed by atoms with Crippen molar-refractivity contribution in [2.45, 2.75) is 45.4 Å². The maximum absolute atomic E-state index is 12.9. The van der Waals surface area contributed by atoms with Crippen LogP contribution in [0.3, 0.4) is 0 Å². The van der Waals surface area contributed by atoms with Crippen molar-refractivity contribution in [3.05, 3.63) is 41.1 Å². The Balaban J connectivity index is 2.13. The van der Waals surface area contributed by atoms with Gasteiger partial charge in [0.25, 0.3) is 0 Å². The lowest BCUT2D eigenvalue weighted by atomic mass is 9.71. The molecule has 1 aromatic carbocycles. The molecule has 5 nitrogen and oxygen atoms in total. The second-order valence-corrected chi connectivity index (χ2v) is 7.29. The van der Waals surface area contributed by atoms with Crippen LogP contribution in [0.2, 0.25) is 0 Å². The van der Waals surface area contributed by atoms with Gasteiger partial charge in [0.1, 0.15) is 5.92 Å². The first-order chi connectivity index (χ1) is 13.0. The van der Waals surface area contributed by atoms with Gasteiger partial charge in [0.15, 0.2) is 5.78 Å². The molecule has 0 saturated carbocycles. The summed E-state index contributed by atoms with van der Waals surface area (Å²) in [5.74, 6) is -1.01. The number of ketones is 1. The van der Waals surface area contributed by atoms with Crippen molar-refractivity contribution < 1.29 is 14.3 Å². The van der Waals surface area contributed by atoms with Crippen LogP contribution in [0.1, 0.15) is 51.0 Å². The van der Waals surface area contributed by atoms with Crippen LogP contribution >= 0.6 is 0 Å². The molecule has 0 bridgehead atoms. The van der Waals surface area contributed by atoms with Gasteiger partial charge in [-0.15, -0.1) is 0 Å². The Morgan fingerprint density at radius 2 is 1.89 bits per heavy atom. The highest BCUT2D eigenvalue weighted by molar-refractivity contribution is 6.09. The van der Waals surface area contributed by atoms with E-state index in [9.17, 15) is 9.59 Å². The first kappa shape index (κ1) is 19.3. The number of anilines is 1. The zero-order chi connectivity index (χ0) is 19.6. The molecule has 0 aromatic heterocycles. The summed E-state index contributed by atoms with van der Waals surface area (Å²) >= 11 is 0. The van der Waals surface area contributed by atoms with E-state index >= 15 is 0 Å². The molecule has 2 aliphatic rings. The Hall–Kier alpha value is -2.43. The van der Waals surface area contributed by atoms with Crippen molar-refractivity contribution in [3.63, 3.8) is 0 Å². The van der Waals surface area contributed by atoms with Crippen LogP contribution in [0.4, 0.5) is 5.69 Å². The van der Waals surface area contributed by atoms with Crippen LogP contribution in [0.15, 0.2) is 40.5 Å². The van der Waals surface area contributed by atoms with E-state index in [1.54, 1.807) is 6.92 Å². The molecule has 0 spiro atoms. The Labute approximate surface area is 161 Å². The van der Waals surface area contributed by atoms with Crippen LogP contribution in [-0.4, -0.2) is 38.2 Å². The third-order valence-electron chi connectivity index (χ3n) is 5.38. The molecular weight excluding hydrogens is 340 g/mol. The number of benzene rings is 1. The lowest BCUT2D eigenvalue weighted by molar-refractivity contribution is -0.146. The molecule has 0 saturated heterocycles. The van der Waals surface area contributed by atoms with Gasteiger partial charge in [0.05, 0.1) is 6.61 Å². The maximum Gasteiger partial charge on any atom is 0.315 e. The van der Waals surface area contributed by atoms with Gasteiger partial charge in [-0.2, -0.15) is 0 Å². The molecular formula is C22H28N2O3. The van der Waals surface area contributed by atoms with E-state index in [2.05, 4.69) is 0 Å². The zero-order valence-electron chi connectivity index (χ0n) is 16.6. The summed E-state index contributed by atoms with van der Waals surface area (Å²) in [6, 6.07) is 8.11. The number of carbonyl (C=O) groups excluding carboxylic acids is 2. The Morgan fingerprint density at radius 3 is 2.48 bits per heavy atom. The van der Waals surface area contributed by atoms with Crippen LogP contribution in [-0.2, 0) is 14.3 Å². The first-order valence-corrected chi connectivity index (χ1v) is 9.75. The summed E-state index contributed by atoms with van der Waals surface area (Å²) in [7, 11) is 3.98. The number of rotatable bonds is 5. The van der Waals surface area contributed by atoms with Crippen molar-refractivity contribution in [1.82, 2.24) is 0 Å². The van der Waals surface area contributed by atoms with Crippen molar-refractivity contribution in [2.75, 3.05) is 25.6 Å². The molecule has 2 atom stereocenters. The molecule has 27 heavy (non-hydrogen) atoms. The van der Waals surface area contributed by atoms with Crippen molar-refractivity contribution in [2.24, 2.45) is 10.9 Å². The smallest absolute Gasteiger partial charge is 0.315 e. The van der Waals surface area contributed by atoms with Gasteiger partial charge in [-0.25, -0.2) is 0 Å². The number of esters is 1. The van der Waals surface area contributed by atoms with Crippen molar-refractivity contribution in [1.29, 1.82) is 0 Å². The van der Waals surface area contributed by atoms with Crippen LogP contribution in [0, 0.1) is 5.92 Å². The standard InChI is InChI=1S/C22H28N2O3/c1-5-16-21(22(26)27-6-2)19(14-10-12-15(13-11-14)24(3)4)20-17(23-16)8-7-9-18(20)25/h10-13,19,21H,5-9H2,1-4H3/t19-,21?/m1/s1. The predicted molar refractivity (Wildman–Crippen MR) is 107 cm³/mol. The fourth-order valence-corrected chi connectivity index (χ4v) is 4.06. The number of hydrogen-bond acceptors (Lipinski definition) is 5. The average molecular weight is 368 g/mol. The summed E-state index contributed by atoms with van der Waals surface area (Å²) in [5.41, 5.74) is 4.46. The second-order valence-electron chi connectivity index (χ2n) is 7.29. The fourth-order valence-electron chi connectivity index (χ4n) is 4.06. The van der Waals surface area contributed by atoms with E-state index in [-0.39, 0.29) is 17.7 Å². The molecule has 0 radical (unpaired) electrons. The van der Waals surface area contributed by atoms with Crippen LogP contribution < -0.4 is 4.90 Å². The summed E-state index contributed by atoms with van der Waals surface area (Å²) in [5, 5.41) is 0. The molecule has 1 heterocycles. The number of nitrogens with zero attached hydrogens (tertiary/aromatic N) is 2. The van der Waals surface area contributed by atoms with Gasteiger partial charge in [-0.1, -0.05) is 19.1 Å². The highest BCUT2D eigenvalue weighted by atomic mass is 16.5. The normalized spacial score (nSPS) is 22.2. The average Bonchev–Trinajstić information content (AvgIpc) is 2.67. The molecule has 1 aliphatic heterocycles. The van der Waals surface area contributed by atoms with E-state index in [1.807, 2.05) is 50.2 Å². The molecule has 5 heteroatoms.